The van der Waals surface area contributed by atoms with Crippen molar-refractivity contribution in [3.05, 3.63) is 35.7 Å². The molecule has 0 aliphatic carbocycles. The van der Waals surface area contributed by atoms with Crippen LogP contribution in [0.2, 0.25) is 18.1 Å². The molecule has 0 bridgehead atoms. The van der Waals surface area contributed by atoms with Crippen LogP contribution in [0.25, 0.3) is 21.8 Å². The first kappa shape index (κ1) is 30.6. The van der Waals surface area contributed by atoms with Crippen LogP contribution in [0, 0.1) is 0 Å². The van der Waals surface area contributed by atoms with Crippen LogP contribution in [0.1, 0.15) is 64.5 Å². The minimum atomic E-state index is -1.94. The van der Waals surface area contributed by atoms with E-state index in [4.69, 9.17) is 23.4 Å². The summed E-state index contributed by atoms with van der Waals surface area (Å²) in [6.07, 6.45) is 0.935. The summed E-state index contributed by atoms with van der Waals surface area (Å²) < 4.78 is 30.5. The fourth-order valence-electron chi connectivity index (χ4n) is 4.03. The van der Waals surface area contributed by atoms with Crippen molar-refractivity contribution in [3.8, 4) is 5.75 Å². The van der Waals surface area contributed by atoms with Gasteiger partial charge in [-0.1, -0.05) is 26.8 Å². The third-order valence-electron chi connectivity index (χ3n) is 6.84. The lowest BCUT2D eigenvalue weighted by molar-refractivity contribution is 0.0513. The molecule has 0 unspecified atom stereocenters. The third-order valence-corrected chi connectivity index (χ3v) is 11.4. The molecular formula is C29H42N2O7Si. The molecule has 2 aromatic heterocycles. The minimum Gasteiger partial charge on any atom is -0.491 e. The van der Waals surface area contributed by atoms with Gasteiger partial charge in [-0.25, -0.2) is 19.1 Å². The fraction of sp³-hybridized carbons (Fsp3) is 0.552. The first-order valence-electron chi connectivity index (χ1n) is 13.2. The second-order valence-corrected chi connectivity index (χ2v) is 16.7. The summed E-state index contributed by atoms with van der Waals surface area (Å²) in [7, 11) is -0.405. The van der Waals surface area contributed by atoms with Gasteiger partial charge in [-0.05, 0) is 58.0 Å². The second-order valence-electron chi connectivity index (χ2n) is 11.9. The molecule has 1 aromatic carbocycles. The van der Waals surface area contributed by atoms with Crippen molar-refractivity contribution in [2.45, 2.75) is 78.8 Å². The lowest BCUT2D eigenvalue weighted by Crippen LogP contribution is -2.41. The van der Waals surface area contributed by atoms with Crippen LogP contribution >= 0.6 is 0 Å². The summed E-state index contributed by atoms with van der Waals surface area (Å²) in [5.74, 6) is -0.0113. The van der Waals surface area contributed by atoms with Crippen molar-refractivity contribution in [3.63, 3.8) is 0 Å². The van der Waals surface area contributed by atoms with E-state index < -0.39 is 26.0 Å². The molecule has 39 heavy (non-hydrogen) atoms. The molecule has 2 heterocycles. The van der Waals surface area contributed by atoms with Gasteiger partial charge in [0, 0.05) is 18.1 Å². The zero-order chi connectivity index (χ0) is 29.2. The van der Waals surface area contributed by atoms with Crippen molar-refractivity contribution < 1.29 is 33.0 Å². The van der Waals surface area contributed by atoms with Crippen LogP contribution in [0.5, 0.6) is 5.75 Å². The Bertz CT molecular complexity index is 1350. The number of rotatable bonds is 9. The first-order valence-corrected chi connectivity index (χ1v) is 16.1. The van der Waals surface area contributed by atoms with E-state index in [0.717, 1.165) is 0 Å². The van der Waals surface area contributed by atoms with Gasteiger partial charge in [0.15, 0.2) is 14.0 Å². The predicted molar refractivity (Wildman–Crippen MR) is 154 cm³/mol. The number of hydrogen-bond acceptors (Lipinski definition) is 8. The van der Waals surface area contributed by atoms with Crippen molar-refractivity contribution in [1.29, 1.82) is 0 Å². The van der Waals surface area contributed by atoms with Crippen LogP contribution in [0.3, 0.4) is 0 Å². The number of carbonyl (C=O) groups is 2. The Balaban J connectivity index is 2.20. The first-order chi connectivity index (χ1) is 18.1. The number of nitrogens with zero attached hydrogens (tertiary/aromatic N) is 2. The largest absolute Gasteiger partial charge is 0.491 e. The topological polar surface area (TPSA) is 98.1 Å². The average molecular weight is 559 g/mol. The summed E-state index contributed by atoms with van der Waals surface area (Å²) in [6, 6.07) is 5.48. The van der Waals surface area contributed by atoms with E-state index >= 15 is 0 Å². The maximum absolute atomic E-state index is 13.4. The summed E-state index contributed by atoms with van der Waals surface area (Å²) in [6.45, 7) is 19.2. The summed E-state index contributed by atoms with van der Waals surface area (Å²) >= 11 is 0. The number of ether oxygens (including phenoxy) is 4. The van der Waals surface area contributed by atoms with Crippen LogP contribution in [-0.2, 0) is 25.2 Å². The number of aromatic nitrogens is 2. The Labute approximate surface area is 231 Å². The van der Waals surface area contributed by atoms with E-state index in [9.17, 15) is 9.59 Å². The maximum Gasteiger partial charge on any atom is 0.419 e. The van der Waals surface area contributed by atoms with E-state index in [1.165, 1.54) is 17.9 Å². The quantitative estimate of drug-likeness (QED) is 0.163. The molecule has 0 amide bonds. The minimum absolute atomic E-state index is 0.0781. The second kappa shape index (κ2) is 11.7. The number of hydrogen-bond donors (Lipinski definition) is 0. The van der Waals surface area contributed by atoms with Gasteiger partial charge in [0.2, 0.25) is 0 Å². The Morgan fingerprint density at radius 3 is 2.28 bits per heavy atom. The Morgan fingerprint density at radius 2 is 1.69 bits per heavy atom. The number of fused-ring (bicyclic) bond motifs is 3. The maximum atomic E-state index is 13.4. The highest BCUT2D eigenvalue weighted by atomic mass is 28.4. The van der Waals surface area contributed by atoms with Gasteiger partial charge in [0.05, 0.1) is 42.4 Å². The monoisotopic (exact) mass is 558 g/mol. The van der Waals surface area contributed by atoms with Crippen molar-refractivity contribution >= 4 is 42.2 Å². The number of carbonyl (C=O) groups excluding carboxylic acids is 2. The number of methoxy groups -OCH3 is 1. The van der Waals surface area contributed by atoms with Gasteiger partial charge in [-0.2, -0.15) is 0 Å². The number of esters is 1. The van der Waals surface area contributed by atoms with E-state index in [-0.39, 0.29) is 23.9 Å². The van der Waals surface area contributed by atoms with Crippen LogP contribution < -0.4 is 4.74 Å². The van der Waals surface area contributed by atoms with Crippen LogP contribution in [0.4, 0.5) is 4.79 Å². The molecule has 0 spiro atoms. The van der Waals surface area contributed by atoms with Crippen LogP contribution in [0.15, 0.2) is 24.4 Å². The molecule has 0 fully saturated rings. The third kappa shape index (κ3) is 6.62. The normalized spacial score (nSPS) is 12.7. The summed E-state index contributed by atoms with van der Waals surface area (Å²) in [4.78, 5) is 30.7. The Kier molecular flexibility index (Phi) is 9.14. The fourth-order valence-corrected chi connectivity index (χ4v) is 5.05. The highest BCUT2D eigenvalue weighted by Gasteiger charge is 2.37. The highest BCUT2D eigenvalue weighted by molar-refractivity contribution is 6.74. The van der Waals surface area contributed by atoms with E-state index in [0.29, 0.717) is 46.3 Å². The highest BCUT2D eigenvalue weighted by Crippen LogP contribution is 2.40. The van der Waals surface area contributed by atoms with E-state index in [2.05, 4.69) is 38.8 Å². The van der Waals surface area contributed by atoms with Gasteiger partial charge in [-0.3, -0.25) is 0 Å². The molecular weight excluding hydrogens is 516 g/mol. The molecule has 3 aromatic rings. The lowest BCUT2D eigenvalue weighted by Gasteiger charge is -2.36. The molecule has 10 heteroatoms. The smallest absolute Gasteiger partial charge is 0.419 e. The molecule has 0 saturated carbocycles. The predicted octanol–water partition coefficient (Wildman–Crippen LogP) is 6.70. The summed E-state index contributed by atoms with van der Waals surface area (Å²) in [5.41, 5.74) is 0.970. The molecule has 0 radical (unpaired) electrons. The Hall–Kier alpha value is -2.95. The average Bonchev–Trinajstić information content (AvgIpc) is 3.16. The van der Waals surface area contributed by atoms with Crippen LogP contribution in [-0.4, -0.2) is 62.5 Å². The van der Waals surface area contributed by atoms with Crippen molar-refractivity contribution in [1.82, 2.24) is 9.55 Å². The zero-order valence-electron chi connectivity index (χ0n) is 24.9. The standard InChI is InChI=1S/C29H42N2O7Si/c1-11-35-26(32)25-19(18-34-8)23-21(17-30-25)31(27(33)38-28(2,3)4)20-13-12-14-22(24(20)23)36-15-16-37-39(9,10)29(5,6)7/h12-14,17H,11,15-16,18H2,1-10H3. The van der Waals surface area contributed by atoms with Gasteiger partial charge in [0.1, 0.15) is 18.0 Å². The zero-order valence-corrected chi connectivity index (χ0v) is 25.9. The van der Waals surface area contributed by atoms with E-state index in [1.54, 1.807) is 6.92 Å². The van der Waals surface area contributed by atoms with Crippen molar-refractivity contribution in [2.24, 2.45) is 0 Å². The number of pyridine rings is 1. The molecule has 9 nitrogen and oxygen atoms in total. The molecule has 214 valence electrons. The molecule has 3 rings (SSSR count). The molecule has 0 N–H and O–H groups in total. The van der Waals surface area contributed by atoms with Gasteiger partial charge in [0.25, 0.3) is 0 Å². The molecule has 0 atom stereocenters. The molecule has 0 aliphatic heterocycles. The van der Waals surface area contributed by atoms with Gasteiger partial charge in [-0.15, -0.1) is 0 Å². The Morgan fingerprint density at radius 1 is 1.00 bits per heavy atom. The van der Waals surface area contributed by atoms with Gasteiger partial charge < -0.3 is 23.4 Å². The summed E-state index contributed by atoms with van der Waals surface area (Å²) in [5, 5.41) is 1.36. The van der Waals surface area contributed by atoms with Crippen molar-refractivity contribution in [2.75, 3.05) is 26.9 Å². The molecule has 0 saturated heterocycles. The van der Waals surface area contributed by atoms with E-state index in [1.807, 2.05) is 39.0 Å². The SMILES string of the molecule is CCOC(=O)c1ncc2c(c1COC)c1c(OCCO[Si](C)(C)C(C)(C)C)cccc1n2C(=O)OC(C)(C)C. The lowest BCUT2D eigenvalue weighted by atomic mass is 10.1. The molecule has 0 aliphatic rings. The number of benzene rings is 1. The van der Waals surface area contributed by atoms with Gasteiger partial charge >= 0.3 is 12.1 Å².